The second-order valence-electron chi connectivity index (χ2n) is 5.59. The summed E-state index contributed by atoms with van der Waals surface area (Å²) in [5, 5.41) is 11.3. The van der Waals surface area contributed by atoms with Crippen LogP contribution in [0.15, 0.2) is 12.2 Å². The largest absolute Gasteiger partial charge is 0.480 e. The fourth-order valence-electron chi connectivity index (χ4n) is 2.85. The molecule has 1 saturated carbocycles. The molecule has 0 aromatic rings. The highest BCUT2D eigenvalue weighted by Crippen LogP contribution is 2.40. The summed E-state index contributed by atoms with van der Waals surface area (Å²) in [5.74, 6) is -0.0173. The standard InChI is InChI=1S/C14H22N2O4/c15-11(13(17)18)3-1-2-6-16-14(19)20-12-8-9-4-5-10(12)7-9/h4-5,9-12H,1-3,6-8,15H2,(H,16,19)(H,17,18)/t9-,10+,11+,12?/m1/s1. The monoisotopic (exact) mass is 282 g/mol. The van der Waals surface area contributed by atoms with E-state index in [-0.39, 0.29) is 12.2 Å². The summed E-state index contributed by atoms with van der Waals surface area (Å²) in [4.78, 5) is 22.1. The van der Waals surface area contributed by atoms with Gasteiger partial charge in [-0.25, -0.2) is 4.79 Å². The minimum atomic E-state index is -0.985. The first-order valence-corrected chi connectivity index (χ1v) is 7.17. The van der Waals surface area contributed by atoms with E-state index >= 15 is 0 Å². The van der Waals surface area contributed by atoms with Crippen molar-refractivity contribution < 1.29 is 19.4 Å². The van der Waals surface area contributed by atoms with Crippen molar-refractivity contribution >= 4 is 12.1 Å². The lowest BCUT2D eigenvalue weighted by Crippen LogP contribution is -2.32. The number of nitrogens with two attached hydrogens (primary N) is 1. The van der Waals surface area contributed by atoms with Crippen LogP contribution < -0.4 is 11.1 Å². The maximum absolute atomic E-state index is 11.6. The molecule has 6 nitrogen and oxygen atoms in total. The molecule has 4 N–H and O–H groups in total. The van der Waals surface area contributed by atoms with Gasteiger partial charge < -0.3 is 20.9 Å². The number of carbonyl (C=O) groups is 2. The number of allylic oxidation sites excluding steroid dienone is 1. The number of rotatable bonds is 7. The predicted octanol–water partition coefficient (Wildman–Crippen LogP) is 1.26. The Morgan fingerprint density at radius 1 is 1.35 bits per heavy atom. The van der Waals surface area contributed by atoms with Gasteiger partial charge in [0.1, 0.15) is 12.1 Å². The van der Waals surface area contributed by atoms with Crippen LogP contribution in [0.3, 0.4) is 0 Å². The summed E-state index contributed by atoms with van der Waals surface area (Å²) in [7, 11) is 0. The maximum atomic E-state index is 11.6. The molecule has 112 valence electrons. The lowest BCUT2D eigenvalue weighted by Gasteiger charge is -2.19. The van der Waals surface area contributed by atoms with E-state index in [4.69, 9.17) is 15.6 Å². The second kappa shape index (κ2) is 6.74. The van der Waals surface area contributed by atoms with E-state index in [9.17, 15) is 9.59 Å². The lowest BCUT2D eigenvalue weighted by molar-refractivity contribution is -0.138. The molecule has 2 bridgehead atoms. The van der Waals surface area contributed by atoms with Gasteiger partial charge in [0.25, 0.3) is 0 Å². The number of ether oxygens (including phenoxy) is 1. The van der Waals surface area contributed by atoms with Crippen LogP contribution in [0.4, 0.5) is 4.79 Å². The Morgan fingerprint density at radius 2 is 2.15 bits per heavy atom. The van der Waals surface area contributed by atoms with Crippen LogP contribution in [-0.2, 0) is 9.53 Å². The molecule has 0 spiro atoms. The van der Waals surface area contributed by atoms with E-state index in [2.05, 4.69) is 17.5 Å². The number of hydrogen-bond acceptors (Lipinski definition) is 4. The first-order chi connectivity index (χ1) is 9.56. The average Bonchev–Trinajstić information content (AvgIpc) is 3.00. The van der Waals surface area contributed by atoms with Crippen molar-refractivity contribution in [2.24, 2.45) is 17.6 Å². The van der Waals surface area contributed by atoms with Gasteiger partial charge in [0.15, 0.2) is 0 Å². The third kappa shape index (κ3) is 3.96. The zero-order valence-electron chi connectivity index (χ0n) is 11.5. The molecule has 2 aliphatic carbocycles. The van der Waals surface area contributed by atoms with E-state index in [1.54, 1.807) is 0 Å². The molecule has 0 saturated heterocycles. The molecule has 1 unspecified atom stereocenters. The molecule has 20 heavy (non-hydrogen) atoms. The SMILES string of the molecule is N[C@@H](CCCCNC(=O)OC1C[C@@H]2C=C[C@H]1C2)C(=O)O. The Bertz CT molecular complexity index is 397. The Balaban J connectivity index is 1.53. The number of carbonyl (C=O) groups excluding carboxylic acids is 1. The molecule has 0 aliphatic heterocycles. The summed E-state index contributed by atoms with van der Waals surface area (Å²) >= 11 is 0. The Hall–Kier alpha value is -1.56. The van der Waals surface area contributed by atoms with Gasteiger partial charge >= 0.3 is 12.1 Å². The minimum Gasteiger partial charge on any atom is -0.480 e. The molecule has 0 radical (unpaired) electrons. The molecule has 6 heteroatoms. The second-order valence-corrected chi connectivity index (χ2v) is 5.59. The van der Waals surface area contributed by atoms with Crippen molar-refractivity contribution in [3.63, 3.8) is 0 Å². The van der Waals surface area contributed by atoms with Crippen molar-refractivity contribution in [1.82, 2.24) is 5.32 Å². The predicted molar refractivity (Wildman–Crippen MR) is 73.1 cm³/mol. The normalized spacial score (nSPS) is 28.4. The van der Waals surface area contributed by atoms with Crippen LogP contribution in [0.5, 0.6) is 0 Å². The number of aliphatic carboxylic acids is 1. The maximum Gasteiger partial charge on any atom is 0.407 e. The van der Waals surface area contributed by atoms with Gasteiger partial charge in [-0.2, -0.15) is 0 Å². The molecule has 4 atom stereocenters. The first-order valence-electron chi connectivity index (χ1n) is 7.17. The van der Waals surface area contributed by atoms with E-state index < -0.39 is 12.0 Å². The number of carboxylic acids is 1. The molecule has 1 amide bonds. The average molecular weight is 282 g/mol. The quantitative estimate of drug-likeness (QED) is 0.482. The number of unbranched alkanes of at least 4 members (excludes halogenated alkanes) is 1. The van der Waals surface area contributed by atoms with Gasteiger partial charge in [0.05, 0.1) is 0 Å². The number of fused-ring (bicyclic) bond motifs is 2. The zero-order valence-corrected chi connectivity index (χ0v) is 11.5. The van der Waals surface area contributed by atoms with Crippen LogP contribution in [0.25, 0.3) is 0 Å². The summed E-state index contributed by atoms with van der Waals surface area (Å²) in [6.07, 6.45) is 7.81. The van der Waals surface area contributed by atoms with Gasteiger partial charge in [0.2, 0.25) is 0 Å². The molecule has 2 rings (SSSR count). The molecule has 1 fully saturated rings. The lowest BCUT2D eigenvalue weighted by atomic mass is 10.1. The number of amides is 1. The van der Waals surface area contributed by atoms with Gasteiger partial charge in [0, 0.05) is 12.5 Å². The summed E-state index contributed by atoms with van der Waals surface area (Å²) in [5.41, 5.74) is 5.38. The molecule has 2 aliphatic rings. The van der Waals surface area contributed by atoms with Crippen LogP contribution in [0, 0.1) is 11.8 Å². The van der Waals surface area contributed by atoms with Crippen molar-refractivity contribution in [3.8, 4) is 0 Å². The van der Waals surface area contributed by atoms with Gasteiger partial charge in [-0.1, -0.05) is 12.2 Å². The Labute approximate surface area is 118 Å². The summed E-state index contributed by atoms with van der Waals surface area (Å²) in [6, 6.07) is -0.817. The molecule has 0 heterocycles. The third-order valence-corrected chi connectivity index (χ3v) is 4.00. The third-order valence-electron chi connectivity index (χ3n) is 4.00. The van der Waals surface area contributed by atoms with E-state index in [1.807, 2.05) is 0 Å². The van der Waals surface area contributed by atoms with Crippen molar-refractivity contribution in [3.05, 3.63) is 12.2 Å². The smallest absolute Gasteiger partial charge is 0.407 e. The van der Waals surface area contributed by atoms with Crippen LogP contribution in [-0.4, -0.2) is 35.9 Å². The first kappa shape index (κ1) is 14.8. The van der Waals surface area contributed by atoms with E-state index in [0.717, 1.165) is 12.8 Å². The number of hydrogen-bond donors (Lipinski definition) is 3. The van der Waals surface area contributed by atoms with E-state index in [0.29, 0.717) is 37.6 Å². The minimum absolute atomic E-state index is 0.0189. The number of nitrogens with one attached hydrogen (secondary N) is 1. The molecule has 0 aromatic heterocycles. The van der Waals surface area contributed by atoms with Crippen LogP contribution >= 0.6 is 0 Å². The summed E-state index contributed by atoms with van der Waals surface area (Å²) in [6.45, 7) is 0.488. The van der Waals surface area contributed by atoms with Crippen LogP contribution in [0.2, 0.25) is 0 Å². The highest BCUT2D eigenvalue weighted by Gasteiger charge is 2.37. The number of carboxylic acid groups (broad SMARTS) is 1. The Morgan fingerprint density at radius 3 is 2.75 bits per heavy atom. The van der Waals surface area contributed by atoms with Crippen molar-refractivity contribution in [2.45, 2.75) is 44.2 Å². The fourth-order valence-corrected chi connectivity index (χ4v) is 2.85. The Kier molecular flexibility index (Phi) is 5.00. The van der Waals surface area contributed by atoms with Crippen LogP contribution in [0.1, 0.15) is 32.1 Å². The van der Waals surface area contributed by atoms with Crippen molar-refractivity contribution in [1.29, 1.82) is 0 Å². The van der Waals surface area contributed by atoms with Gasteiger partial charge in [-0.15, -0.1) is 0 Å². The molecule has 0 aromatic carbocycles. The van der Waals surface area contributed by atoms with Crippen molar-refractivity contribution in [2.75, 3.05) is 6.54 Å². The molecular weight excluding hydrogens is 260 g/mol. The van der Waals surface area contributed by atoms with Gasteiger partial charge in [-0.3, -0.25) is 4.79 Å². The topological polar surface area (TPSA) is 102 Å². The highest BCUT2D eigenvalue weighted by atomic mass is 16.6. The van der Waals surface area contributed by atoms with Gasteiger partial charge in [-0.05, 0) is 38.0 Å². The fraction of sp³-hybridized carbons (Fsp3) is 0.714. The van der Waals surface area contributed by atoms with E-state index in [1.165, 1.54) is 0 Å². The zero-order chi connectivity index (χ0) is 14.5. The number of alkyl carbamates (subject to hydrolysis) is 1. The summed E-state index contributed by atoms with van der Waals surface area (Å²) < 4.78 is 5.39. The highest BCUT2D eigenvalue weighted by molar-refractivity contribution is 5.72. The molecular formula is C14H22N2O4.